The van der Waals surface area contributed by atoms with E-state index < -0.39 is 0 Å². The molecule has 5 nitrogen and oxygen atoms in total. The number of hydrogen-bond donors (Lipinski definition) is 0. The lowest BCUT2D eigenvalue weighted by Crippen LogP contribution is -2.34. The van der Waals surface area contributed by atoms with E-state index in [9.17, 15) is 4.79 Å². The van der Waals surface area contributed by atoms with E-state index in [0.717, 1.165) is 29.0 Å². The van der Waals surface area contributed by atoms with Crippen LogP contribution in [0.25, 0.3) is 11.6 Å². The monoisotopic (exact) mass is 388 g/mol. The highest BCUT2D eigenvalue weighted by Crippen LogP contribution is 2.39. The number of hydrogen-bond acceptors (Lipinski definition) is 5. The lowest BCUT2D eigenvalue weighted by molar-refractivity contribution is -0.692. The maximum absolute atomic E-state index is 11.0. The Morgan fingerprint density at radius 1 is 1.04 bits per heavy atom. The summed E-state index contributed by atoms with van der Waals surface area (Å²) in [6.45, 7) is 4.46. The fraction of sp³-hybridized carbons (Fsp3) is 0.333. The van der Waals surface area contributed by atoms with Crippen LogP contribution < -0.4 is 18.8 Å². The van der Waals surface area contributed by atoms with Crippen LogP contribution >= 0.6 is 11.8 Å². The van der Waals surface area contributed by atoms with Crippen molar-refractivity contribution in [3.05, 3.63) is 47.8 Å². The van der Waals surface area contributed by atoms with Crippen LogP contribution in [0.2, 0.25) is 0 Å². The summed E-state index contributed by atoms with van der Waals surface area (Å²) in [5, 5.41) is 0.149. The Bertz CT molecular complexity index is 790. The van der Waals surface area contributed by atoms with Crippen molar-refractivity contribution in [3.63, 3.8) is 0 Å². The van der Waals surface area contributed by atoms with Gasteiger partial charge < -0.3 is 14.2 Å². The molecule has 0 saturated carbocycles. The molecule has 0 bridgehead atoms. The van der Waals surface area contributed by atoms with Gasteiger partial charge in [0.1, 0.15) is 0 Å². The molecule has 6 heteroatoms. The minimum atomic E-state index is 0.149. The van der Waals surface area contributed by atoms with Gasteiger partial charge in [0, 0.05) is 19.1 Å². The van der Waals surface area contributed by atoms with Crippen molar-refractivity contribution >= 4 is 28.5 Å². The zero-order valence-electron chi connectivity index (χ0n) is 16.4. The van der Waals surface area contributed by atoms with Gasteiger partial charge in [-0.1, -0.05) is 17.8 Å². The van der Waals surface area contributed by atoms with Crippen molar-refractivity contribution in [1.29, 1.82) is 0 Å². The molecule has 0 radical (unpaired) electrons. The molecule has 0 aliphatic heterocycles. The Kier molecular flexibility index (Phi) is 7.73. The summed E-state index contributed by atoms with van der Waals surface area (Å²) >= 11 is 1.34. The van der Waals surface area contributed by atoms with E-state index in [4.69, 9.17) is 14.2 Å². The van der Waals surface area contributed by atoms with E-state index in [0.29, 0.717) is 17.2 Å². The first-order chi connectivity index (χ1) is 13.0. The fourth-order valence-corrected chi connectivity index (χ4v) is 3.27. The Hall–Kier alpha value is -2.47. The smallest absolute Gasteiger partial charge is 0.203 e. The molecule has 0 aliphatic rings. The molecule has 2 rings (SSSR count). The number of aryl methyl sites for hydroxylation is 1. The average Bonchev–Trinajstić information content (AvgIpc) is 2.67. The molecule has 0 saturated heterocycles. The highest BCUT2D eigenvalue weighted by Gasteiger charge is 2.12. The van der Waals surface area contributed by atoms with Gasteiger partial charge in [-0.25, -0.2) is 4.57 Å². The number of carbonyl (C=O) groups is 1. The number of nitrogens with zero attached hydrogens (tertiary/aromatic N) is 1. The third-order valence-corrected chi connectivity index (χ3v) is 4.86. The third-order valence-electron chi connectivity index (χ3n) is 4.07. The van der Waals surface area contributed by atoms with Gasteiger partial charge in [-0.15, -0.1) is 0 Å². The van der Waals surface area contributed by atoms with Crippen LogP contribution in [-0.4, -0.2) is 32.2 Å². The van der Waals surface area contributed by atoms with Crippen molar-refractivity contribution in [2.45, 2.75) is 20.4 Å². The normalized spacial score (nSPS) is 11.2. The summed E-state index contributed by atoms with van der Waals surface area (Å²) in [4.78, 5) is 11.0. The highest BCUT2D eigenvalue weighted by atomic mass is 32.2. The molecule has 1 aromatic heterocycles. The maximum Gasteiger partial charge on any atom is 0.203 e. The number of benzene rings is 1. The van der Waals surface area contributed by atoms with Gasteiger partial charge in [-0.05, 0) is 35.8 Å². The molecule has 1 heterocycles. The molecular formula is C21H26NO4S+. The Morgan fingerprint density at radius 2 is 1.63 bits per heavy atom. The minimum Gasteiger partial charge on any atom is -0.493 e. The zero-order valence-corrected chi connectivity index (χ0v) is 17.3. The summed E-state index contributed by atoms with van der Waals surface area (Å²) in [7, 11) is 4.81. The molecule has 0 amide bonds. The predicted octanol–water partition coefficient (Wildman–Crippen LogP) is 3.84. The first-order valence-electron chi connectivity index (χ1n) is 8.59. The average molecular weight is 389 g/mol. The molecule has 27 heavy (non-hydrogen) atoms. The van der Waals surface area contributed by atoms with E-state index in [-0.39, 0.29) is 5.12 Å². The van der Waals surface area contributed by atoms with Crippen LogP contribution in [-0.2, 0) is 11.3 Å². The summed E-state index contributed by atoms with van der Waals surface area (Å²) in [6.07, 6.45) is 6.14. The summed E-state index contributed by atoms with van der Waals surface area (Å²) in [5.74, 6) is 2.62. The second-order valence-electron chi connectivity index (χ2n) is 5.95. The minimum absolute atomic E-state index is 0.149. The number of pyridine rings is 1. The molecule has 0 N–H and O–H groups in total. The van der Waals surface area contributed by atoms with E-state index >= 15 is 0 Å². The van der Waals surface area contributed by atoms with Crippen LogP contribution in [0.1, 0.15) is 25.0 Å². The highest BCUT2D eigenvalue weighted by molar-refractivity contribution is 8.13. The van der Waals surface area contributed by atoms with Crippen LogP contribution in [0.3, 0.4) is 0 Å². The lowest BCUT2D eigenvalue weighted by atomic mass is 10.0. The van der Waals surface area contributed by atoms with E-state index in [2.05, 4.69) is 29.7 Å². The largest absolute Gasteiger partial charge is 0.493 e. The Balaban J connectivity index is 2.20. The first-order valence-corrected chi connectivity index (χ1v) is 9.58. The second kappa shape index (κ2) is 10.0. The van der Waals surface area contributed by atoms with Gasteiger partial charge in [-0.2, -0.15) is 0 Å². The fourth-order valence-electron chi connectivity index (χ4n) is 2.68. The summed E-state index contributed by atoms with van der Waals surface area (Å²) in [6, 6.07) is 7.99. The number of aromatic nitrogens is 1. The second-order valence-corrected chi connectivity index (χ2v) is 7.22. The zero-order chi connectivity index (χ0) is 19.8. The third kappa shape index (κ3) is 5.76. The summed E-state index contributed by atoms with van der Waals surface area (Å²) < 4.78 is 18.3. The Labute approximate surface area is 165 Å². The van der Waals surface area contributed by atoms with Crippen LogP contribution in [0.4, 0.5) is 0 Å². The van der Waals surface area contributed by atoms with Crippen molar-refractivity contribution in [1.82, 2.24) is 0 Å². The Morgan fingerprint density at radius 3 is 2.11 bits per heavy atom. The SMILES string of the molecule is COc1cc(/C=C(\C)c2cc[n+](CCSC(C)=O)cc2)cc(OC)c1OC. The predicted molar refractivity (Wildman–Crippen MR) is 109 cm³/mol. The first kappa shape index (κ1) is 20.8. The molecular weight excluding hydrogens is 362 g/mol. The number of ether oxygens (including phenoxy) is 3. The number of allylic oxidation sites excluding steroid dienone is 1. The van der Waals surface area contributed by atoms with Gasteiger partial charge in [0.25, 0.3) is 0 Å². The number of methoxy groups -OCH3 is 3. The van der Waals surface area contributed by atoms with E-state index in [1.54, 1.807) is 28.3 Å². The number of carbonyl (C=O) groups excluding carboxylic acids is 1. The van der Waals surface area contributed by atoms with Crippen molar-refractivity contribution in [2.75, 3.05) is 27.1 Å². The van der Waals surface area contributed by atoms with Gasteiger partial charge >= 0.3 is 0 Å². The molecule has 2 aromatic rings. The lowest BCUT2D eigenvalue weighted by Gasteiger charge is -2.13. The summed E-state index contributed by atoms with van der Waals surface area (Å²) in [5.41, 5.74) is 3.21. The molecule has 0 atom stereocenters. The van der Waals surface area contributed by atoms with Crippen LogP contribution in [0.5, 0.6) is 17.2 Å². The molecule has 0 spiro atoms. The molecule has 0 aliphatic carbocycles. The quantitative estimate of drug-likeness (QED) is 0.643. The van der Waals surface area contributed by atoms with Crippen LogP contribution in [0.15, 0.2) is 36.7 Å². The van der Waals surface area contributed by atoms with Gasteiger partial charge in [0.2, 0.25) is 5.75 Å². The van der Waals surface area contributed by atoms with Gasteiger partial charge in [0.05, 0.1) is 27.1 Å². The van der Waals surface area contributed by atoms with E-state index in [1.807, 2.05) is 24.5 Å². The standard InChI is InChI=1S/C21H26NO4S/c1-15(18-6-8-22(9-7-18)10-11-27-16(2)23)12-17-13-19(24-3)21(26-5)20(14-17)25-4/h6-9,12-14H,10-11H2,1-5H3/q+1/b15-12+. The van der Waals surface area contributed by atoms with Gasteiger partial charge in [-0.3, -0.25) is 4.79 Å². The van der Waals surface area contributed by atoms with Crippen LogP contribution in [0, 0.1) is 0 Å². The van der Waals surface area contributed by atoms with Gasteiger partial charge in [0.15, 0.2) is 35.6 Å². The maximum atomic E-state index is 11.0. The van der Waals surface area contributed by atoms with Crippen molar-refractivity contribution in [2.24, 2.45) is 0 Å². The molecule has 0 fully saturated rings. The van der Waals surface area contributed by atoms with Crippen molar-refractivity contribution < 1.29 is 23.6 Å². The number of thioether (sulfide) groups is 1. The number of rotatable bonds is 8. The topological polar surface area (TPSA) is 48.6 Å². The molecule has 0 unspecified atom stereocenters. The van der Waals surface area contributed by atoms with E-state index in [1.165, 1.54) is 11.8 Å². The molecule has 144 valence electrons. The van der Waals surface area contributed by atoms with Crippen molar-refractivity contribution in [3.8, 4) is 17.2 Å². The molecule has 1 aromatic carbocycles.